The van der Waals surface area contributed by atoms with Crippen LogP contribution < -0.4 is 0 Å². The molecular formula is C18H32O2. The lowest BCUT2D eigenvalue weighted by atomic mass is 9.62. The highest BCUT2D eigenvalue weighted by molar-refractivity contribution is 5.83. The van der Waals surface area contributed by atoms with Crippen molar-refractivity contribution in [2.24, 2.45) is 23.2 Å². The van der Waals surface area contributed by atoms with E-state index in [9.17, 15) is 9.90 Å². The second kappa shape index (κ2) is 5.79. The SMILES string of the molecule is [2H]C([2H])([2H])C(O)(CCC[C@@H](C)[C@H]1CC[C@H]2C(=O)CCC[C@]12C)C([2H])([2H])[2H]. The Kier molecular flexibility index (Phi) is 2.78. The molecule has 116 valence electrons. The van der Waals surface area contributed by atoms with Gasteiger partial charge in [0, 0.05) is 20.6 Å². The second-order valence-corrected chi connectivity index (χ2v) is 7.29. The summed E-state index contributed by atoms with van der Waals surface area (Å²) in [6.07, 6.45) is 5.34. The van der Waals surface area contributed by atoms with Gasteiger partial charge in [-0.2, -0.15) is 0 Å². The Hall–Kier alpha value is -0.370. The molecule has 2 saturated carbocycles. The molecule has 0 radical (unpaired) electrons. The van der Waals surface area contributed by atoms with E-state index >= 15 is 0 Å². The van der Waals surface area contributed by atoms with Crippen molar-refractivity contribution in [2.75, 3.05) is 0 Å². The van der Waals surface area contributed by atoms with Crippen molar-refractivity contribution in [1.29, 1.82) is 0 Å². The Morgan fingerprint density at radius 1 is 1.50 bits per heavy atom. The number of carbonyl (C=O) groups excluding carboxylic acids is 1. The van der Waals surface area contributed by atoms with Crippen LogP contribution in [0.25, 0.3) is 0 Å². The van der Waals surface area contributed by atoms with E-state index in [0.29, 0.717) is 31.0 Å². The van der Waals surface area contributed by atoms with E-state index in [4.69, 9.17) is 8.22 Å². The number of hydrogen-bond donors (Lipinski definition) is 1. The average Bonchev–Trinajstić information content (AvgIpc) is 2.83. The molecule has 2 fully saturated rings. The van der Waals surface area contributed by atoms with Gasteiger partial charge in [0.25, 0.3) is 0 Å². The van der Waals surface area contributed by atoms with E-state index in [-0.39, 0.29) is 23.7 Å². The quantitative estimate of drug-likeness (QED) is 0.816. The van der Waals surface area contributed by atoms with Crippen molar-refractivity contribution in [2.45, 2.75) is 84.5 Å². The maximum Gasteiger partial charge on any atom is 0.136 e. The molecular weight excluding hydrogens is 248 g/mol. The molecule has 4 atom stereocenters. The molecule has 2 heteroatoms. The summed E-state index contributed by atoms with van der Waals surface area (Å²) >= 11 is 0. The standard InChI is InChI=1S/C18H32O2/c1-13(7-5-11-17(2,3)20)14-9-10-15-16(19)8-6-12-18(14,15)4/h13-15,20H,5-12H2,1-4H3/t13-,14-,15+,18-/m1/s1/i2D3,3D3. The van der Waals surface area contributed by atoms with Gasteiger partial charge in [-0.1, -0.05) is 26.7 Å². The van der Waals surface area contributed by atoms with Gasteiger partial charge < -0.3 is 5.11 Å². The van der Waals surface area contributed by atoms with Gasteiger partial charge in [0.1, 0.15) is 5.78 Å². The van der Waals surface area contributed by atoms with Crippen molar-refractivity contribution in [3.05, 3.63) is 0 Å². The van der Waals surface area contributed by atoms with Crippen LogP contribution in [-0.2, 0) is 4.79 Å². The van der Waals surface area contributed by atoms with Gasteiger partial charge in [-0.25, -0.2) is 0 Å². The molecule has 0 heterocycles. The largest absolute Gasteiger partial charge is 0.390 e. The number of ketones is 1. The highest BCUT2D eigenvalue weighted by Crippen LogP contribution is 2.57. The van der Waals surface area contributed by atoms with Crippen LogP contribution in [0.15, 0.2) is 0 Å². The zero-order valence-corrected chi connectivity index (χ0v) is 12.7. The van der Waals surface area contributed by atoms with Crippen LogP contribution in [0, 0.1) is 23.2 Å². The first-order chi connectivity index (χ1) is 11.7. The van der Waals surface area contributed by atoms with Gasteiger partial charge in [0.05, 0.1) is 5.60 Å². The summed E-state index contributed by atoms with van der Waals surface area (Å²) in [5.41, 5.74) is -2.65. The molecule has 0 unspecified atom stereocenters. The highest BCUT2D eigenvalue weighted by atomic mass is 16.3. The number of aliphatic hydroxyl groups is 1. The molecule has 0 aromatic rings. The molecule has 2 nitrogen and oxygen atoms in total. The number of fused-ring (bicyclic) bond motifs is 1. The molecule has 0 amide bonds. The number of rotatable bonds is 5. The predicted molar refractivity (Wildman–Crippen MR) is 82.5 cm³/mol. The second-order valence-electron chi connectivity index (χ2n) is 7.29. The summed E-state index contributed by atoms with van der Waals surface area (Å²) in [7, 11) is 0. The molecule has 0 aromatic heterocycles. The third-order valence-corrected chi connectivity index (χ3v) is 5.82. The Bertz CT molecular complexity index is 513. The van der Waals surface area contributed by atoms with Crippen molar-refractivity contribution >= 4 is 5.78 Å². The predicted octanol–water partition coefficient (Wildman–Crippen LogP) is 4.35. The van der Waals surface area contributed by atoms with Crippen LogP contribution in [0.3, 0.4) is 0 Å². The Labute approximate surface area is 132 Å². The maximum absolute atomic E-state index is 12.3. The lowest BCUT2D eigenvalue weighted by Gasteiger charge is -2.42. The molecule has 0 saturated heterocycles. The van der Waals surface area contributed by atoms with Gasteiger partial charge in [-0.15, -0.1) is 0 Å². The third-order valence-electron chi connectivity index (χ3n) is 5.82. The minimum Gasteiger partial charge on any atom is -0.390 e. The number of hydrogen-bond acceptors (Lipinski definition) is 2. The molecule has 2 rings (SSSR count). The third kappa shape index (κ3) is 3.27. The van der Waals surface area contributed by atoms with E-state index in [1.165, 1.54) is 0 Å². The first-order valence-electron chi connectivity index (χ1n) is 11.0. The Balaban J connectivity index is 2.00. The van der Waals surface area contributed by atoms with E-state index < -0.39 is 19.3 Å². The smallest absolute Gasteiger partial charge is 0.136 e. The van der Waals surface area contributed by atoms with Gasteiger partial charge >= 0.3 is 0 Å². The van der Waals surface area contributed by atoms with Gasteiger partial charge in [0.15, 0.2) is 0 Å². The molecule has 0 spiro atoms. The van der Waals surface area contributed by atoms with Gasteiger partial charge in [0.2, 0.25) is 0 Å². The molecule has 1 N–H and O–H groups in total. The van der Waals surface area contributed by atoms with Gasteiger partial charge in [-0.3, -0.25) is 4.79 Å². The van der Waals surface area contributed by atoms with E-state index in [1.54, 1.807) is 0 Å². The summed E-state index contributed by atoms with van der Waals surface area (Å²) in [6, 6.07) is 0. The first kappa shape index (κ1) is 9.61. The molecule has 2 aliphatic carbocycles. The van der Waals surface area contributed by atoms with E-state index in [1.807, 2.05) is 0 Å². The summed E-state index contributed by atoms with van der Waals surface area (Å²) in [5, 5.41) is 10.4. The number of carbonyl (C=O) groups is 1. The van der Waals surface area contributed by atoms with Crippen LogP contribution in [0.1, 0.15) is 87.1 Å². The fourth-order valence-electron chi connectivity index (χ4n) is 4.79. The Morgan fingerprint density at radius 2 is 2.25 bits per heavy atom. The van der Waals surface area contributed by atoms with Crippen LogP contribution in [0.2, 0.25) is 0 Å². The average molecular weight is 286 g/mol. The van der Waals surface area contributed by atoms with Gasteiger partial charge in [-0.05, 0) is 63.1 Å². The van der Waals surface area contributed by atoms with E-state index in [2.05, 4.69) is 13.8 Å². The lowest BCUT2D eigenvalue weighted by molar-refractivity contribution is -0.130. The normalized spacial score (nSPS) is 41.6. The maximum atomic E-state index is 12.3. The highest BCUT2D eigenvalue weighted by Gasteiger charge is 2.52. The topological polar surface area (TPSA) is 37.3 Å². The van der Waals surface area contributed by atoms with Crippen LogP contribution in [0.4, 0.5) is 0 Å². The molecule has 2 aliphatic rings. The monoisotopic (exact) mass is 286 g/mol. The zero-order valence-electron chi connectivity index (χ0n) is 18.7. The van der Waals surface area contributed by atoms with Crippen LogP contribution in [0.5, 0.6) is 0 Å². The summed E-state index contributed by atoms with van der Waals surface area (Å²) in [6.45, 7) is -1.56. The minimum absolute atomic E-state index is 0.0130. The molecule has 0 bridgehead atoms. The van der Waals surface area contributed by atoms with Crippen molar-refractivity contribution in [3.8, 4) is 0 Å². The first-order valence-corrected chi connectivity index (χ1v) is 7.99. The summed E-state index contributed by atoms with van der Waals surface area (Å²) < 4.78 is 44.7. The van der Waals surface area contributed by atoms with E-state index in [0.717, 1.165) is 25.7 Å². The molecule has 0 aromatic carbocycles. The van der Waals surface area contributed by atoms with Crippen LogP contribution >= 0.6 is 0 Å². The van der Waals surface area contributed by atoms with Crippen molar-refractivity contribution < 1.29 is 18.1 Å². The fourth-order valence-corrected chi connectivity index (χ4v) is 4.79. The van der Waals surface area contributed by atoms with Crippen molar-refractivity contribution in [1.82, 2.24) is 0 Å². The Morgan fingerprint density at radius 3 is 2.95 bits per heavy atom. The molecule has 0 aliphatic heterocycles. The van der Waals surface area contributed by atoms with Crippen LogP contribution in [-0.4, -0.2) is 16.5 Å². The van der Waals surface area contributed by atoms with Crippen molar-refractivity contribution in [3.63, 3.8) is 0 Å². The minimum atomic E-state index is -2.94. The summed E-state index contributed by atoms with van der Waals surface area (Å²) in [4.78, 5) is 12.3. The molecule has 20 heavy (non-hydrogen) atoms. The fraction of sp³-hybridized carbons (Fsp3) is 0.944. The lowest BCUT2D eigenvalue weighted by Crippen LogP contribution is -2.39. The summed E-state index contributed by atoms with van der Waals surface area (Å²) in [5.74, 6) is 1.19. The number of Topliss-reactive ketones (excluding diaryl/α,β-unsaturated/α-hetero) is 1. The zero-order chi connectivity index (χ0) is 20.0.